The van der Waals surface area contributed by atoms with Gasteiger partial charge in [-0.05, 0) is 56.1 Å². The molecule has 0 atom stereocenters. The molecular weight excluding hydrogens is 343 g/mol. The fourth-order valence-corrected chi connectivity index (χ4v) is 1.74. The lowest BCUT2D eigenvalue weighted by atomic mass is 10.3. The van der Waals surface area contributed by atoms with Crippen molar-refractivity contribution in [3.05, 3.63) is 51.1 Å². The molecule has 5 heteroatoms. The van der Waals surface area contributed by atoms with Crippen molar-refractivity contribution in [3.8, 4) is 5.75 Å². The minimum absolute atomic E-state index is 0.271. The summed E-state index contributed by atoms with van der Waals surface area (Å²) in [5.74, 6) is 0.793. The van der Waals surface area contributed by atoms with Crippen molar-refractivity contribution in [1.29, 1.82) is 0 Å². The molecule has 1 aromatic heterocycles. The van der Waals surface area contributed by atoms with Crippen molar-refractivity contribution in [1.82, 2.24) is 0 Å². The predicted octanol–water partition coefficient (Wildman–Crippen LogP) is 4.52. The van der Waals surface area contributed by atoms with Crippen LogP contribution in [0.25, 0.3) is 0 Å². The van der Waals surface area contributed by atoms with E-state index in [4.69, 9.17) is 9.15 Å². The summed E-state index contributed by atoms with van der Waals surface area (Å²) in [6.07, 6.45) is 0. The maximum atomic E-state index is 13.2. The van der Waals surface area contributed by atoms with Crippen LogP contribution in [0.4, 0.5) is 4.39 Å². The molecule has 0 saturated heterocycles. The molecule has 0 aliphatic heterocycles. The highest BCUT2D eigenvalue weighted by atomic mass is 79.9. The van der Waals surface area contributed by atoms with E-state index < -0.39 is 0 Å². The van der Waals surface area contributed by atoms with Crippen molar-refractivity contribution >= 4 is 31.9 Å². The van der Waals surface area contributed by atoms with Gasteiger partial charge in [0, 0.05) is 6.07 Å². The van der Waals surface area contributed by atoms with Crippen molar-refractivity contribution in [2.75, 3.05) is 0 Å². The lowest BCUT2D eigenvalue weighted by molar-refractivity contribution is 0.266. The van der Waals surface area contributed by atoms with Crippen molar-refractivity contribution in [2.45, 2.75) is 6.61 Å². The fourth-order valence-electron chi connectivity index (χ4n) is 1.15. The first-order valence-electron chi connectivity index (χ1n) is 4.47. The van der Waals surface area contributed by atoms with Gasteiger partial charge >= 0.3 is 0 Å². The van der Waals surface area contributed by atoms with Gasteiger partial charge in [0.15, 0.2) is 4.67 Å². The van der Waals surface area contributed by atoms with E-state index in [0.717, 1.165) is 0 Å². The van der Waals surface area contributed by atoms with E-state index in [2.05, 4.69) is 31.9 Å². The standard InChI is InChI=1S/C11H7Br2FO2/c12-9-3-1-7(5-10(9)14)15-6-8-2-4-11(13)16-8/h1-5H,6H2. The highest BCUT2D eigenvalue weighted by Crippen LogP contribution is 2.22. The Labute approximate surface area is 109 Å². The summed E-state index contributed by atoms with van der Waals surface area (Å²) in [4.78, 5) is 0. The second-order valence-corrected chi connectivity index (χ2v) is 4.71. The summed E-state index contributed by atoms with van der Waals surface area (Å²) in [6, 6.07) is 8.18. The average molecular weight is 350 g/mol. The number of hydrogen-bond donors (Lipinski definition) is 0. The molecule has 0 saturated carbocycles. The summed E-state index contributed by atoms with van der Waals surface area (Å²) < 4.78 is 24.8. The largest absolute Gasteiger partial charge is 0.486 e. The Morgan fingerprint density at radius 2 is 2.00 bits per heavy atom. The molecule has 0 spiro atoms. The number of rotatable bonds is 3. The van der Waals surface area contributed by atoms with Crippen molar-refractivity contribution in [2.24, 2.45) is 0 Å². The quantitative estimate of drug-likeness (QED) is 0.812. The molecule has 0 aliphatic carbocycles. The average Bonchev–Trinajstić information content (AvgIpc) is 2.66. The van der Waals surface area contributed by atoms with Crippen LogP contribution in [0.1, 0.15) is 5.76 Å². The van der Waals surface area contributed by atoms with Gasteiger partial charge in [-0.3, -0.25) is 0 Å². The minimum Gasteiger partial charge on any atom is -0.486 e. The highest BCUT2D eigenvalue weighted by Gasteiger charge is 2.03. The van der Waals surface area contributed by atoms with E-state index >= 15 is 0 Å². The summed E-state index contributed by atoms with van der Waals surface area (Å²) in [5, 5.41) is 0. The molecule has 0 aliphatic rings. The van der Waals surface area contributed by atoms with Gasteiger partial charge in [0.05, 0.1) is 4.47 Å². The summed E-state index contributed by atoms with van der Waals surface area (Å²) >= 11 is 6.26. The third kappa shape index (κ3) is 2.86. The van der Waals surface area contributed by atoms with E-state index in [0.29, 0.717) is 20.7 Å². The van der Waals surface area contributed by atoms with Crippen LogP contribution in [-0.4, -0.2) is 0 Å². The Kier molecular flexibility index (Phi) is 3.66. The topological polar surface area (TPSA) is 22.4 Å². The third-order valence-electron chi connectivity index (χ3n) is 1.90. The first-order chi connectivity index (χ1) is 7.65. The molecule has 2 nitrogen and oxygen atoms in total. The SMILES string of the molecule is Fc1cc(OCc2ccc(Br)o2)ccc1Br. The number of furan rings is 1. The summed E-state index contributed by atoms with van der Waals surface area (Å²) in [6.45, 7) is 0.271. The van der Waals surface area contributed by atoms with Gasteiger partial charge in [-0.1, -0.05) is 0 Å². The molecule has 0 bridgehead atoms. The Morgan fingerprint density at radius 3 is 2.62 bits per heavy atom. The maximum absolute atomic E-state index is 13.2. The first-order valence-corrected chi connectivity index (χ1v) is 6.06. The molecule has 16 heavy (non-hydrogen) atoms. The van der Waals surface area contributed by atoms with Crippen LogP contribution < -0.4 is 4.74 Å². The van der Waals surface area contributed by atoms with Crippen molar-refractivity contribution < 1.29 is 13.5 Å². The Bertz CT molecular complexity index is 496. The molecule has 84 valence electrons. The lowest BCUT2D eigenvalue weighted by Gasteiger charge is -2.04. The number of halogens is 3. The van der Waals surface area contributed by atoms with Crippen LogP contribution in [0, 0.1) is 5.82 Å². The molecule has 0 fully saturated rings. The molecule has 2 aromatic rings. The van der Waals surface area contributed by atoms with E-state index in [1.165, 1.54) is 6.07 Å². The zero-order valence-corrected chi connectivity index (χ0v) is 11.2. The van der Waals surface area contributed by atoms with Crippen molar-refractivity contribution in [3.63, 3.8) is 0 Å². The lowest BCUT2D eigenvalue weighted by Crippen LogP contribution is -1.94. The summed E-state index contributed by atoms with van der Waals surface area (Å²) in [7, 11) is 0. The van der Waals surface area contributed by atoms with Gasteiger partial charge in [-0.2, -0.15) is 0 Å². The Balaban J connectivity index is 2.02. The maximum Gasteiger partial charge on any atom is 0.169 e. The van der Waals surface area contributed by atoms with Gasteiger partial charge in [0.1, 0.15) is 23.9 Å². The van der Waals surface area contributed by atoms with Gasteiger partial charge in [-0.25, -0.2) is 4.39 Å². The van der Waals surface area contributed by atoms with Gasteiger partial charge in [-0.15, -0.1) is 0 Å². The van der Waals surface area contributed by atoms with Crippen LogP contribution in [0.3, 0.4) is 0 Å². The molecule has 0 radical (unpaired) electrons. The van der Waals surface area contributed by atoms with Gasteiger partial charge in [0.25, 0.3) is 0 Å². The van der Waals surface area contributed by atoms with Gasteiger partial charge in [0.2, 0.25) is 0 Å². The molecule has 0 N–H and O–H groups in total. The van der Waals surface area contributed by atoms with E-state index in [-0.39, 0.29) is 12.4 Å². The second kappa shape index (κ2) is 5.01. The smallest absolute Gasteiger partial charge is 0.169 e. The Morgan fingerprint density at radius 1 is 1.19 bits per heavy atom. The molecular formula is C11H7Br2FO2. The molecule has 1 aromatic carbocycles. The van der Waals surface area contributed by atoms with Crippen LogP contribution in [0.15, 0.2) is 43.9 Å². The molecule has 1 heterocycles. The second-order valence-electron chi connectivity index (χ2n) is 3.07. The van der Waals surface area contributed by atoms with Gasteiger partial charge < -0.3 is 9.15 Å². The van der Waals surface area contributed by atoms with Crippen LogP contribution >= 0.6 is 31.9 Å². The van der Waals surface area contributed by atoms with E-state index in [9.17, 15) is 4.39 Å². The minimum atomic E-state index is -0.349. The zero-order valence-electron chi connectivity index (χ0n) is 8.04. The summed E-state index contributed by atoms with van der Waals surface area (Å²) in [5.41, 5.74) is 0. The van der Waals surface area contributed by atoms with Crippen LogP contribution in [-0.2, 0) is 6.61 Å². The number of ether oxygens (including phenoxy) is 1. The van der Waals surface area contributed by atoms with E-state index in [1.807, 2.05) is 0 Å². The number of benzene rings is 1. The fraction of sp³-hybridized carbons (Fsp3) is 0.0909. The molecule has 0 amide bonds. The highest BCUT2D eigenvalue weighted by molar-refractivity contribution is 9.10. The molecule has 0 unspecified atom stereocenters. The third-order valence-corrected chi connectivity index (χ3v) is 2.97. The van der Waals surface area contributed by atoms with E-state index in [1.54, 1.807) is 24.3 Å². The monoisotopic (exact) mass is 348 g/mol. The first kappa shape index (κ1) is 11.7. The zero-order chi connectivity index (χ0) is 11.5. The number of hydrogen-bond acceptors (Lipinski definition) is 2. The van der Waals surface area contributed by atoms with Crippen LogP contribution in [0.2, 0.25) is 0 Å². The predicted molar refractivity (Wildman–Crippen MR) is 64.8 cm³/mol. The normalized spacial score (nSPS) is 10.4. The molecule has 2 rings (SSSR count). The Hall–Kier alpha value is -0.810. The van der Waals surface area contributed by atoms with Crippen LogP contribution in [0.5, 0.6) is 5.75 Å².